The predicted octanol–water partition coefficient (Wildman–Crippen LogP) is 2.33. The van der Waals surface area contributed by atoms with Gasteiger partial charge in [0.25, 0.3) is 0 Å². The Morgan fingerprint density at radius 1 is 1.50 bits per heavy atom. The number of hydrogen-bond donors (Lipinski definition) is 2. The number of H-pyrrole nitrogens is 1. The number of nitrogens with two attached hydrogens (primary N) is 1. The Kier molecular flexibility index (Phi) is 2.68. The number of para-hydroxylation sites is 1. The van der Waals surface area contributed by atoms with E-state index in [-0.39, 0.29) is 11.2 Å². The van der Waals surface area contributed by atoms with Crippen molar-refractivity contribution in [3.05, 3.63) is 29.8 Å². The number of aromatic nitrogens is 2. The van der Waals surface area contributed by atoms with Gasteiger partial charge in [-0.2, -0.15) is 0 Å². The molecule has 0 aliphatic rings. The van der Waals surface area contributed by atoms with Gasteiger partial charge in [-0.05, 0) is 18.6 Å². The molecule has 0 saturated heterocycles. The van der Waals surface area contributed by atoms with Gasteiger partial charge < -0.3 is 10.7 Å². The van der Waals surface area contributed by atoms with Crippen LogP contribution in [0.1, 0.15) is 26.1 Å². The maximum atomic E-state index is 13.5. The van der Waals surface area contributed by atoms with Gasteiger partial charge in [0.05, 0.1) is 5.52 Å². The van der Waals surface area contributed by atoms with Crippen molar-refractivity contribution < 1.29 is 4.39 Å². The average Bonchev–Trinajstić information content (AvgIpc) is 2.74. The molecule has 2 rings (SSSR count). The molecule has 0 aliphatic carbocycles. The van der Waals surface area contributed by atoms with Crippen molar-refractivity contribution in [1.82, 2.24) is 9.97 Å². The minimum atomic E-state index is -0.296. The highest BCUT2D eigenvalue weighted by Gasteiger charge is 2.26. The zero-order valence-electron chi connectivity index (χ0n) is 9.55. The molecule has 0 amide bonds. The fraction of sp³-hybridized carbons (Fsp3) is 0.417. The van der Waals surface area contributed by atoms with Crippen molar-refractivity contribution in [3.63, 3.8) is 0 Å². The van der Waals surface area contributed by atoms with E-state index in [1.165, 1.54) is 6.07 Å². The summed E-state index contributed by atoms with van der Waals surface area (Å²) < 4.78 is 13.5. The van der Waals surface area contributed by atoms with E-state index in [1.54, 1.807) is 6.07 Å². The Hall–Kier alpha value is -1.42. The van der Waals surface area contributed by atoms with Crippen molar-refractivity contribution in [1.29, 1.82) is 0 Å². The van der Waals surface area contributed by atoms with E-state index in [9.17, 15) is 4.39 Å². The van der Waals surface area contributed by atoms with E-state index < -0.39 is 0 Å². The first-order valence-electron chi connectivity index (χ1n) is 5.45. The monoisotopic (exact) mass is 221 g/mol. The Morgan fingerprint density at radius 2 is 2.25 bits per heavy atom. The van der Waals surface area contributed by atoms with Gasteiger partial charge in [-0.25, -0.2) is 9.37 Å². The van der Waals surface area contributed by atoms with Crippen molar-refractivity contribution in [3.8, 4) is 0 Å². The molecular weight excluding hydrogens is 205 g/mol. The lowest BCUT2D eigenvalue weighted by atomic mass is 9.87. The first-order valence-corrected chi connectivity index (χ1v) is 5.45. The highest BCUT2D eigenvalue weighted by molar-refractivity contribution is 5.75. The summed E-state index contributed by atoms with van der Waals surface area (Å²) in [6.45, 7) is 4.57. The number of hydrogen-bond acceptors (Lipinski definition) is 2. The summed E-state index contributed by atoms with van der Waals surface area (Å²) in [5.41, 5.74) is 6.66. The third-order valence-electron chi connectivity index (χ3n) is 3.27. The summed E-state index contributed by atoms with van der Waals surface area (Å²) in [5.74, 6) is 0.466. The smallest absolute Gasteiger partial charge is 0.151 e. The zero-order valence-corrected chi connectivity index (χ0v) is 9.55. The van der Waals surface area contributed by atoms with E-state index in [4.69, 9.17) is 5.73 Å². The van der Waals surface area contributed by atoms with Gasteiger partial charge in [-0.1, -0.05) is 19.9 Å². The molecule has 1 aromatic heterocycles. The van der Waals surface area contributed by atoms with E-state index >= 15 is 0 Å². The van der Waals surface area contributed by atoms with Gasteiger partial charge in [0.15, 0.2) is 5.82 Å². The van der Waals surface area contributed by atoms with Crippen molar-refractivity contribution in [2.45, 2.75) is 25.7 Å². The molecular formula is C12H16FN3. The van der Waals surface area contributed by atoms with Gasteiger partial charge in [-0.15, -0.1) is 0 Å². The van der Waals surface area contributed by atoms with E-state index in [0.717, 1.165) is 17.8 Å². The number of aromatic amines is 1. The number of halogens is 1. The first-order chi connectivity index (χ1) is 7.60. The zero-order chi connectivity index (χ0) is 11.8. The van der Waals surface area contributed by atoms with Crippen LogP contribution in [0.2, 0.25) is 0 Å². The second-order valence-electron chi connectivity index (χ2n) is 4.34. The van der Waals surface area contributed by atoms with Crippen LogP contribution in [0.3, 0.4) is 0 Å². The van der Waals surface area contributed by atoms with E-state index in [0.29, 0.717) is 12.1 Å². The summed E-state index contributed by atoms with van der Waals surface area (Å²) in [6.07, 6.45) is 0.866. The number of rotatable bonds is 3. The van der Waals surface area contributed by atoms with Crippen LogP contribution in [0.15, 0.2) is 18.2 Å². The standard InChI is InChI=1S/C12H16FN3/c1-3-12(2,7-14)11-15-9-6-4-5-8(13)10(9)16-11/h4-6H,3,7,14H2,1-2H3,(H,15,16). The molecule has 0 spiro atoms. The SMILES string of the molecule is CCC(C)(CN)c1nc2c(F)cccc2[nH]1. The molecule has 0 bridgehead atoms. The van der Waals surface area contributed by atoms with E-state index in [2.05, 4.69) is 16.9 Å². The molecule has 1 heterocycles. The Balaban J connectivity index is 2.59. The third-order valence-corrected chi connectivity index (χ3v) is 3.27. The lowest BCUT2D eigenvalue weighted by Gasteiger charge is -2.23. The molecule has 2 aromatic rings. The van der Waals surface area contributed by atoms with Crippen LogP contribution in [0.25, 0.3) is 11.0 Å². The molecule has 0 fully saturated rings. The lowest BCUT2D eigenvalue weighted by molar-refractivity contribution is 0.443. The van der Waals surface area contributed by atoms with Gasteiger partial charge in [0, 0.05) is 12.0 Å². The van der Waals surface area contributed by atoms with Crippen LogP contribution in [-0.2, 0) is 5.41 Å². The average molecular weight is 221 g/mol. The Bertz CT molecular complexity index is 500. The van der Waals surface area contributed by atoms with E-state index in [1.807, 2.05) is 13.0 Å². The number of fused-ring (bicyclic) bond motifs is 1. The number of benzene rings is 1. The maximum absolute atomic E-state index is 13.5. The minimum absolute atomic E-state index is 0.217. The number of imidazole rings is 1. The molecule has 0 radical (unpaired) electrons. The van der Waals surface area contributed by atoms with Crippen molar-refractivity contribution in [2.75, 3.05) is 6.54 Å². The van der Waals surface area contributed by atoms with Gasteiger partial charge in [0.1, 0.15) is 11.3 Å². The molecule has 1 atom stereocenters. The van der Waals surface area contributed by atoms with Gasteiger partial charge in [-0.3, -0.25) is 0 Å². The largest absolute Gasteiger partial charge is 0.341 e. The second-order valence-corrected chi connectivity index (χ2v) is 4.34. The van der Waals surface area contributed by atoms with Gasteiger partial charge >= 0.3 is 0 Å². The summed E-state index contributed by atoms with van der Waals surface area (Å²) in [5, 5.41) is 0. The maximum Gasteiger partial charge on any atom is 0.151 e. The highest BCUT2D eigenvalue weighted by Crippen LogP contribution is 2.26. The molecule has 3 N–H and O–H groups in total. The molecule has 16 heavy (non-hydrogen) atoms. The number of nitrogens with zero attached hydrogens (tertiary/aromatic N) is 1. The Labute approximate surface area is 93.9 Å². The summed E-state index contributed by atoms with van der Waals surface area (Å²) in [7, 11) is 0. The van der Waals surface area contributed by atoms with Crippen LogP contribution in [-0.4, -0.2) is 16.5 Å². The normalized spacial score (nSPS) is 15.2. The molecule has 0 aliphatic heterocycles. The summed E-state index contributed by atoms with van der Waals surface area (Å²) in [6, 6.07) is 4.91. The van der Waals surface area contributed by atoms with Crippen LogP contribution in [0.4, 0.5) is 4.39 Å². The fourth-order valence-electron chi connectivity index (χ4n) is 1.69. The molecule has 1 aromatic carbocycles. The quantitative estimate of drug-likeness (QED) is 0.835. The van der Waals surface area contributed by atoms with Crippen molar-refractivity contribution in [2.24, 2.45) is 5.73 Å². The Morgan fingerprint density at radius 3 is 2.81 bits per heavy atom. The minimum Gasteiger partial charge on any atom is -0.341 e. The predicted molar refractivity (Wildman–Crippen MR) is 62.7 cm³/mol. The van der Waals surface area contributed by atoms with Gasteiger partial charge in [0.2, 0.25) is 0 Å². The molecule has 4 heteroatoms. The number of nitrogens with one attached hydrogen (secondary N) is 1. The fourth-order valence-corrected chi connectivity index (χ4v) is 1.69. The third kappa shape index (κ3) is 1.59. The first kappa shape index (κ1) is 11.1. The molecule has 1 unspecified atom stereocenters. The lowest BCUT2D eigenvalue weighted by Crippen LogP contribution is -2.32. The van der Waals surface area contributed by atoms with Crippen LogP contribution < -0.4 is 5.73 Å². The molecule has 3 nitrogen and oxygen atoms in total. The van der Waals surface area contributed by atoms with Crippen LogP contribution >= 0.6 is 0 Å². The molecule has 0 saturated carbocycles. The van der Waals surface area contributed by atoms with Crippen LogP contribution in [0, 0.1) is 5.82 Å². The summed E-state index contributed by atoms with van der Waals surface area (Å²) >= 11 is 0. The molecule has 86 valence electrons. The second kappa shape index (κ2) is 3.87. The van der Waals surface area contributed by atoms with Crippen molar-refractivity contribution >= 4 is 11.0 Å². The summed E-state index contributed by atoms with van der Waals surface area (Å²) in [4.78, 5) is 7.46. The topological polar surface area (TPSA) is 54.7 Å². The highest BCUT2D eigenvalue weighted by atomic mass is 19.1. The van der Waals surface area contributed by atoms with Crippen LogP contribution in [0.5, 0.6) is 0 Å².